The van der Waals surface area contributed by atoms with Gasteiger partial charge in [-0.1, -0.05) is 17.7 Å². The normalized spacial score (nSPS) is 17.9. The van der Waals surface area contributed by atoms with Crippen molar-refractivity contribution in [1.82, 2.24) is 25.4 Å². The zero-order valence-electron chi connectivity index (χ0n) is 16.6. The van der Waals surface area contributed by atoms with E-state index < -0.39 is 15.9 Å². The Morgan fingerprint density at radius 3 is 2.57 bits per heavy atom. The van der Waals surface area contributed by atoms with Crippen molar-refractivity contribution in [1.29, 1.82) is 0 Å². The molecule has 3 N–H and O–H groups in total. The average Bonchev–Trinajstić information content (AvgIpc) is 2.66. The lowest BCUT2D eigenvalue weighted by molar-refractivity contribution is -0.126. The predicted molar refractivity (Wildman–Crippen MR) is 113 cm³/mol. The van der Waals surface area contributed by atoms with E-state index in [-0.39, 0.29) is 17.3 Å². The number of nitrogens with one attached hydrogen (secondary N) is 3. The molecule has 1 aromatic rings. The summed E-state index contributed by atoms with van der Waals surface area (Å²) < 4.78 is 27.1. The number of aryl methyl sites for hydroxylation is 1. The molecule has 1 atom stereocenters. The van der Waals surface area contributed by atoms with Gasteiger partial charge < -0.3 is 10.2 Å². The Morgan fingerprint density at radius 2 is 1.93 bits per heavy atom. The number of carbonyl (C=O) groups excluding carboxylic acids is 1. The minimum atomic E-state index is -3.61. The molecule has 0 radical (unpaired) electrons. The largest absolute Gasteiger partial charge is 0.360 e. The lowest BCUT2D eigenvalue weighted by Gasteiger charge is -2.31. The quantitative estimate of drug-likeness (QED) is 0.448. The van der Waals surface area contributed by atoms with Crippen LogP contribution in [0, 0.1) is 12.8 Å². The Kier molecular flexibility index (Phi) is 8.17. The van der Waals surface area contributed by atoms with Crippen LogP contribution >= 0.6 is 12.2 Å². The van der Waals surface area contributed by atoms with Crippen molar-refractivity contribution in [2.45, 2.75) is 24.7 Å². The maximum Gasteiger partial charge on any atom is 0.243 e. The fraction of sp³-hybridized carbons (Fsp3) is 0.556. The summed E-state index contributed by atoms with van der Waals surface area (Å²) in [5.74, 6) is -0.688. The van der Waals surface area contributed by atoms with Gasteiger partial charge in [-0.05, 0) is 58.2 Å². The van der Waals surface area contributed by atoms with Crippen LogP contribution in [-0.2, 0) is 14.8 Å². The number of sulfonamides is 1. The maximum absolute atomic E-state index is 12.8. The molecule has 8 nitrogen and oxygen atoms in total. The van der Waals surface area contributed by atoms with E-state index in [1.165, 1.54) is 4.31 Å². The molecule has 2 rings (SSSR count). The van der Waals surface area contributed by atoms with E-state index in [2.05, 4.69) is 16.2 Å². The molecule has 0 spiro atoms. The van der Waals surface area contributed by atoms with Crippen LogP contribution in [0.5, 0.6) is 0 Å². The minimum Gasteiger partial charge on any atom is -0.360 e. The molecule has 1 saturated heterocycles. The predicted octanol–water partition coefficient (Wildman–Crippen LogP) is 0.453. The van der Waals surface area contributed by atoms with E-state index in [1.54, 1.807) is 24.3 Å². The lowest BCUT2D eigenvalue weighted by atomic mass is 9.99. The number of amides is 1. The molecule has 0 unspecified atom stereocenters. The number of carbonyl (C=O) groups is 1. The van der Waals surface area contributed by atoms with E-state index in [1.807, 2.05) is 25.9 Å². The fourth-order valence-corrected chi connectivity index (χ4v) is 4.57. The first-order valence-electron chi connectivity index (χ1n) is 9.25. The van der Waals surface area contributed by atoms with E-state index in [0.29, 0.717) is 31.0 Å². The second-order valence-electron chi connectivity index (χ2n) is 7.19. The highest BCUT2D eigenvalue weighted by atomic mass is 32.2. The van der Waals surface area contributed by atoms with Crippen molar-refractivity contribution < 1.29 is 13.2 Å². The molecule has 0 aliphatic carbocycles. The van der Waals surface area contributed by atoms with Gasteiger partial charge in [0.25, 0.3) is 0 Å². The molecule has 0 saturated carbocycles. The number of thiocarbonyl (C=S) groups is 1. The molecule has 1 aromatic carbocycles. The van der Waals surface area contributed by atoms with Crippen LogP contribution in [-0.4, -0.2) is 68.9 Å². The molecule has 0 bridgehead atoms. The fourth-order valence-electron chi connectivity index (χ4n) is 2.89. The van der Waals surface area contributed by atoms with Crippen LogP contribution in [0.4, 0.5) is 0 Å². The molecule has 1 aliphatic heterocycles. The topological polar surface area (TPSA) is 93.8 Å². The van der Waals surface area contributed by atoms with Crippen LogP contribution < -0.4 is 16.2 Å². The SMILES string of the molecule is Cc1ccc(S(=O)(=O)N2CCC[C@H](C(=O)NNC(=S)NCCN(C)C)C2)cc1. The van der Waals surface area contributed by atoms with Gasteiger partial charge in [0.1, 0.15) is 0 Å². The molecule has 10 heteroatoms. The number of nitrogens with zero attached hydrogens (tertiary/aromatic N) is 2. The summed E-state index contributed by atoms with van der Waals surface area (Å²) in [5.41, 5.74) is 6.26. The van der Waals surface area contributed by atoms with Gasteiger partial charge in [-0.3, -0.25) is 15.6 Å². The number of benzene rings is 1. The highest BCUT2D eigenvalue weighted by molar-refractivity contribution is 7.89. The van der Waals surface area contributed by atoms with Gasteiger partial charge in [-0.2, -0.15) is 4.31 Å². The Balaban J connectivity index is 1.89. The summed E-state index contributed by atoms with van der Waals surface area (Å²) in [4.78, 5) is 14.7. The Labute approximate surface area is 172 Å². The molecule has 28 heavy (non-hydrogen) atoms. The lowest BCUT2D eigenvalue weighted by Crippen LogP contribution is -2.52. The van der Waals surface area contributed by atoms with Crippen LogP contribution in [0.1, 0.15) is 18.4 Å². The Morgan fingerprint density at radius 1 is 1.25 bits per heavy atom. The van der Waals surface area contributed by atoms with Crippen molar-refractivity contribution in [3.8, 4) is 0 Å². The molecule has 0 aromatic heterocycles. The van der Waals surface area contributed by atoms with Gasteiger partial charge in [0.2, 0.25) is 15.9 Å². The van der Waals surface area contributed by atoms with Gasteiger partial charge >= 0.3 is 0 Å². The summed E-state index contributed by atoms with van der Waals surface area (Å²) >= 11 is 5.12. The van der Waals surface area contributed by atoms with E-state index >= 15 is 0 Å². The van der Waals surface area contributed by atoms with Crippen molar-refractivity contribution >= 4 is 33.3 Å². The first-order chi connectivity index (χ1) is 13.2. The van der Waals surface area contributed by atoms with Crippen LogP contribution in [0.3, 0.4) is 0 Å². The van der Waals surface area contributed by atoms with Gasteiger partial charge in [-0.25, -0.2) is 8.42 Å². The Bertz CT molecular complexity index is 781. The number of hydrogen-bond donors (Lipinski definition) is 3. The van der Waals surface area contributed by atoms with Crippen molar-refractivity contribution in [3.63, 3.8) is 0 Å². The summed E-state index contributed by atoms with van der Waals surface area (Å²) in [5, 5.41) is 3.32. The van der Waals surface area contributed by atoms with Gasteiger partial charge in [0.15, 0.2) is 5.11 Å². The molecule has 1 amide bonds. The Hall–Kier alpha value is -1.75. The summed E-state index contributed by atoms with van der Waals surface area (Å²) in [6.45, 7) is 3.94. The highest BCUT2D eigenvalue weighted by Gasteiger charge is 2.33. The van der Waals surface area contributed by atoms with Crippen molar-refractivity contribution in [2.75, 3.05) is 40.3 Å². The summed E-state index contributed by atoms with van der Waals surface area (Å²) in [6.07, 6.45) is 1.27. The number of hydrogen-bond acceptors (Lipinski definition) is 5. The average molecular weight is 428 g/mol. The van der Waals surface area contributed by atoms with Gasteiger partial charge in [0.05, 0.1) is 10.8 Å². The zero-order valence-corrected chi connectivity index (χ0v) is 18.2. The van der Waals surface area contributed by atoms with Gasteiger partial charge in [-0.15, -0.1) is 0 Å². The third-order valence-corrected chi connectivity index (χ3v) is 6.68. The van der Waals surface area contributed by atoms with Crippen LogP contribution in [0.2, 0.25) is 0 Å². The van der Waals surface area contributed by atoms with Crippen molar-refractivity contribution in [3.05, 3.63) is 29.8 Å². The number of piperidine rings is 1. The molecular weight excluding hydrogens is 398 g/mol. The maximum atomic E-state index is 12.8. The highest BCUT2D eigenvalue weighted by Crippen LogP contribution is 2.24. The molecule has 1 fully saturated rings. The molecule has 1 heterocycles. The van der Waals surface area contributed by atoms with E-state index in [0.717, 1.165) is 12.1 Å². The minimum absolute atomic E-state index is 0.157. The monoisotopic (exact) mass is 427 g/mol. The number of hydrazine groups is 1. The second kappa shape index (κ2) is 10.1. The molecule has 1 aliphatic rings. The second-order valence-corrected chi connectivity index (χ2v) is 9.53. The van der Waals surface area contributed by atoms with Crippen LogP contribution in [0.25, 0.3) is 0 Å². The molecule has 156 valence electrons. The van der Waals surface area contributed by atoms with Crippen molar-refractivity contribution in [2.24, 2.45) is 5.92 Å². The standard InChI is InChI=1S/C18H29N5O3S2/c1-14-6-8-16(9-7-14)28(25,26)23-11-4-5-15(13-23)17(24)20-21-18(27)19-10-12-22(2)3/h6-9,15H,4-5,10-13H2,1-3H3,(H,20,24)(H2,19,21,27)/t15-/m0/s1. The third-order valence-electron chi connectivity index (χ3n) is 4.56. The number of rotatable bonds is 6. The first-order valence-corrected chi connectivity index (χ1v) is 11.1. The van der Waals surface area contributed by atoms with E-state index in [9.17, 15) is 13.2 Å². The smallest absolute Gasteiger partial charge is 0.243 e. The first kappa shape index (κ1) is 22.5. The van der Waals surface area contributed by atoms with Crippen LogP contribution in [0.15, 0.2) is 29.2 Å². The van der Waals surface area contributed by atoms with E-state index in [4.69, 9.17) is 12.2 Å². The molecular formula is C18H29N5O3S2. The summed E-state index contributed by atoms with van der Waals surface area (Å²) in [7, 11) is 0.309. The summed E-state index contributed by atoms with van der Waals surface area (Å²) in [6, 6.07) is 6.76. The zero-order chi connectivity index (χ0) is 20.7. The third kappa shape index (κ3) is 6.40. The van der Waals surface area contributed by atoms with Gasteiger partial charge in [0, 0.05) is 26.2 Å². The number of likely N-dealkylation sites (N-methyl/N-ethyl adjacent to an activating group) is 1.